The van der Waals surface area contributed by atoms with E-state index in [-0.39, 0.29) is 12.0 Å². The van der Waals surface area contributed by atoms with Gasteiger partial charge >= 0.3 is 5.97 Å². The van der Waals surface area contributed by atoms with Gasteiger partial charge in [-0.1, -0.05) is 19.4 Å². The van der Waals surface area contributed by atoms with Crippen molar-refractivity contribution in [2.24, 2.45) is 5.41 Å². The number of hydrogen-bond donors (Lipinski definition) is 2. The molecule has 5 nitrogen and oxygen atoms in total. The summed E-state index contributed by atoms with van der Waals surface area (Å²) in [6.45, 7) is 8.02. The molecule has 0 spiro atoms. The summed E-state index contributed by atoms with van der Waals surface area (Å²) < 4.78 is 30.8. The third-order valence-corrected chi connectivity index (χ3v) is 3.88. The average Bonchev–Trinajstić information content (AvgIpc) is 1.97. The van der Waals surface area contributed by atoms with Crippen LogP contribution in [0.15, 0.2) is 11.1 Å². The van der Waals surface area contributed by atoms with Gasteiger partial charge in [0.15, 0.2) is 0 Å². The number of carboxylic acids is 1. The highest BCUT2D eigenvalue weighted by atomic mass is 32.2. The second kappa shape index (κ2) is 5.18. The Kier molecular flexibility index (Phi) is 4.91. The van der Waals surface area contributed by atoms with Crippen LogP contribution in [0.3, 0.4) is 0 Å². The minimum atomic E-state index is -4.14. The Labute approximate surface area is 102 Å². The second-order valence-electron chi connectivity index (χ2n) is 5.09. The van der Waals surface area contributed by atoms with E-state index in [1.165, 1.54) is 6.92 Å². The van der Waals surface area contributed by atoms with Gasteiger partial charge in [-0.2, -0.15) is 8.42 Å². The van der Waals surface area contributed by atoms with E-state index in [9.17, 15) is 13.2 Å². The molecule has 0 aliphatic rings. The quantitative estimate of drug-likeness (QED) is 0.586. The van der Waals surface area contributed by atoms with E-state index in [1.54, 1.807) is 27.7 Å². The highest BCUT2D eigenvalue weighted by Crippen LogP contribution is 2.35. The first-order chi connectivity index (χ1) is 7.39. The van der Waals surface area contributed by atoms with Gasteiger partial charge in [-0.15, -0.1) is 0 Å². The van der Waals surface area contributed by atoms with E-state index in [0.717, 1.165) is 0 Å². The molecule has 2 N–H and O–H groups in total. The molecule has 100 valence electrons. The van der Waals surface area contributed by atoms with Crippen LogP contribution in [0, 0.1) is 5.41 Å². The Bertz CT molecular complexity index is 427. The number of aliphatic carboxylic acids is 1. The van der Waals surface area contributed by atoms with Crippen molar-refractivity contribution >= 4 is 16.1 Å². The fourth-order valence-corrected chi connectivity index (χ4v) is 2.73. The SMILES string of the molecule is CC(C)=C(C(=O)O)C(C)(C)CC(C)S(=O)(=O)O. The van der Waals surface area contributed by atoms with Crippen LogP contribution >= 0.6 is 0 Å². The molecular formula is C11H20O5S. The molecule has 0 aliphatic heterocycles. The third kappa shape index (κ3) is 4.47. The van der Waals surface area contributed by atoms with Gasteiger partial charge in [0.05, 0.1) is 5.25 Å². The molecular weight excluding hydrogens is 244 g/mol. The Morgan fingerprint density at radius 1 is 1.29 bits per heavy atom. The van der Waals surface area contributed by atoms with Crippen molar-refractivity contribution in [3.05, 3.63) is 11.1 Å². The summed E-state index contributed by atoms with van der Waals surface area (Å²) in [7, 11) is -4.14. The van der Waals surface area contributed by atoms with Crippen molar-refractivity contribution in [2.45, 2.75) is 46.3 Å². The molecule has 0 aromatic heterocycles. The van der Waals surface area contributed by atoms with Gasteiger partial charge in [-0.05, 0) is 32.6 Å². The molecule has 0 bridgehead atoms. The Morgan fingerprint density at radius 2 is 1.71 bits per heavy atom. The Balaban J connectivity index is 5.30. The van der Waals surface area contributed by atoms with Crippen LogP contribution in [-0.2, 0) is 14.9 Å². The number of rotatable bonds is 5. The number of allylic oxidation sites excluding steroid dienone is 1. The molecule has 0 aromatic carbocycles. The van der Waals surface area contributed by atoms with Crippen LogP contribution in [0.4, 0.5) is 0 Å². The number of carboxylic acid groups (broad SMARTS) is 1. The fraction of sp³-hybridized carbons (Fsp3) is 0.727. The molecule has 0 saturated carbocycles. The first kappa shape index (κ1) is 16.1. The maximum absolute atomic E-state index is 11.1. The van der Waals surface area contributed by atoms with Gasteiger partial charge in [0.2, 0.25) is 0 Å². The summed E-state index contributed by atoms with van der Waals surface area (Å²) >= 11 is 0. The van der Waals surface area contributed by atoms with Gasteiger partial charge < -0.3 is 5.11 Å². The third-order valence-electron chi connectivity index (χ3n) is 2.70. The van der Waals surface area contributed by atoms with Crippen LogP contribution in [0.5, 0.6) is 0 Å². The smallest absolute Gasteiger partial charge is 0.332 e. The lowest BCUT2D eigenvalue weighted by Gasteiger charge is -2.28. The predicted molar refractivity (Wildman–Crippen MR) is 65.4 cm³/mol. The number of hydrogen-bond acceptors (Lipinski definition) is 3. The first-order valence-corrected chi connectivity index (χ1v) is 6.77. The summed E-state index contributed by atoms with van der Waals surface area (Å²) in [4.78, 5) is 11.1. The highest BCUT2D eigenvalue weighted by molar-refractivity contribution is 7.86. The van der Waals surface area contributed by atoms with E-state index in [0.29, 0.717) is 5.57 Å². The molecule has 0 aromatic rings. The summed E-state index contributed by atoms with van der Waals surface area (Å²) in [5, 5.41) is 8.13. The zero-order valence-electron chi connectivity index (χ0n) is 10.8. The van der Waals surface area contributed by atoms with Gasteiger partial charge in [0, 0.05) is 5.57 Å². The average molecular weight is 264 g/mol. The second-order valence-corrected chi connectivity index (χ2v) is 6.93. The van der Waals surface area contributed by atoms with E-state index < -0.39 is 26.8 Å². The molecule has 1 atom stereocenters. The molecule has 0 saturated heterocycles. The molecule has 0 fully saturated rings. The van der Waals surface area contributed by atoms with Gasteiger partial charge in [0.25, 0.3) is 10.1 Å². The predicted octanol–water partition coefficient (Wildman–Crippen LogP) is 2.10. The summed E-state index contributed by atoms with van der Waals surface area (Å²) in [6, 6.07) is 0. The van der Waals surface area contributed by atoms with Crippen molar-refractivity contribution in [3.8, 4) is 0 Å². The van der Waals surface area contributed by atoms with Gasteiger partial charge in [-0.25, -0.2) is 4.79 Å². The minimum absolute atomic E-state index is 0.0542. The highest BCUT2D eigenvalue weighted by Gasteiger charge is 2.34. The van der Waals surface area contributed by atoms with Crippen LogP contribution < -0.4 is 0 Å². The van der Waals surface area contributed by atoms with E-state index in [4.69, 9.17) is 9.66 Å². The molecule has 6 heteroatoms. The molecule has 17 heavy (non-hydrogen) atoms. The normalized spacial score (nSPS) is 14.2. The van der Waals surface area contributed by atoms with Crippen LogP contribution in [-0.4, -0.2) is 29.3 Å². The summed E-state index contributed by atoms with van der Waals surface area (Å²) in [5.74, 6) is -1.06. The summed E-state index contributed by atoms with van der Waals surface area (Å²) in [6.07, 6.45) is 0.0542. The standard InChI is InChI=1S/C11H20O5S/c1-7(2)9(10(12)13)11(4,5)6-8(3)17(14,15)16/h8H,6H2,1-5H3,(H,12,13)(H,14,15,16). The molecule has 0 heterocycles. The largest absolute Gasteiger partial charge is 0.478 e. The van der Waals surface area contributed by atoms with Crippen LogP contribution in [0.1, 0.15) is 41.0 Å². The van der Waals surface area contributed by atoms with Crippen molar-refractivity contribution < 1.29 is 22.9 Å². The lowest BCUT2D eigenvalue weighted by Crippen LogP contribution is -2.30. The molecule has 0 amide bonds. The van der Waals surface area contributed by atoms with Crippen LogP contribution in [0.25, 0.3) is 0 Å². The van der Waals surface area contributed by atoms with E-state index in [2.05, 4.69) is 0 Å². The minimum Gasteiger partial charge on any atom is -0.478 e. The Morgan fingerprint density at radius 3 is 1.94 bits per heavy atom. The van der Waals surface area contributed by atoms with Crippen LogP contribution in [0.2, 0.25) is 0 Å². The lowest BCUT2D eigenvalue weighted by molar-refractivity contribution is -0.133. The monoisotopic (exact) mass is 264 g/mol. The maximum atomic E-state index is 11.1. The molecule has 1 unspecified atom stereocenters. The summed E-state index contributed by atoms with van der Waals surface area (Å²) in [5.41, 5.74) is -0.00193. The molecule has 0 aliphatic carbocycles. The topological polar surface area (TPSA) is 91.7 Å². The Hall–Kier alpha value is -0.880. The van der Waals surface area contributed by atoms with Crippen molar-refractivity contribution in [2.75, 3.05) is 0 Å². The van der Waals surface area contributed by atoms with Gasteiger partial charge in [-0.3, -0.25) is 4.55 Å². The number of carbonyl (C=O) groups is 1. The molecule has 0 radical (unpaired) electrons. The zero-order chi connectivity index (χ0) is 14.0. The zero-order valence-corrected chi connectivity index (χ0v) is 11.6. The maximum Gasteiger partial charge on any atom is 0.332 e. The van der Waals surface area contributed by atoms with E-state index >= 15 is 0 Å². The van der Waals surface area contributed by atoms with Crippen molar-refractivity contribution in [3.63, 3.8) is 0 Å². The first-order valence-electron chi connectivity index (χ1n) is 5.27. The van der Waals surface area contributed by atoms with Crippen molar-refractivity contribution in [1.29, 1.82) is 0 Å². The lowest BCUT2D eigenvalue weighted by atomic mass is 9.78. The van der Waals surface area contributed by atoms with Crippen molar-refractivity contribution in [1.82, 2.24) is 0 Å². The molecule has 0 rings (SSSR count). The van der Waals surface area contributed by atoms with E-state index in [1.807, 2.05) is 0 Å². The van der Waals surface area contributed by atoms with Gasteiger partial charge in [0.1, 0.15) is 0 Å². The fourth-order valence-electron chi connectivity index (χ4n) is 2.11.